The van der Waals surface area contributed by atoms with Gasteiger partial charge in [0.15, 0.2) is 0 Å². The van der Waals surface area contributed by atoms with Crippen LogP contribution < -0.4 is 0 Å². The molecule has 0 saturated carbocycles. The predicted octanol–water partition coefficient (Wildman–Crippen LogP) is 6.59. The molecular weight excluding hydrogens is 589 g/mol. The summed E-state index contributed by atoms with van der Waals surface area (Å²) in [4.78, 5) is 42.0. The molecule has 0 aliphatic carbocycles. The number of hydrogen-bond acceptors (Lipinski definition) is 12. The molecule has 5 rings (SSSR count). The Morgan fingerprint density at radius 3 is 2.24 bits per heavy atom. The van der Waals surface area contributed by atoms with E-state index in [0.717, 1.165) is 18.2 Å². The molecular formula is C32H30FN3O9. The number of halogens is 1. The van der Waals surface area contributed by atoms with Gasteiger partial charge in [0.05, 0.1) is 13.7 Å². The third kappa shape index (κ3) is 7.81. The zero-order valence-electron chi connectivity index (χ0n) is 24.6. The molecule has 0 N–H and O–H groups in total. The van der Waals surface area contributed by atoms with Gasteiger partial charge in [-0.15, -0.1) is 0 Å². The normalized spacial score (nSPS) is 14.3. The van der Waals surface area contributed by atoms with E-state index in [1.54, 1.807) is 19.1 Å². The van der Waals surface area contributed by atoms with Crippen molar-refractivity contribution in [2.45, 2.75) is 32.1 Å². The van der Waals surface area contributed by atoms with Crippen molar-refractivity contribution in [2.75, 3.05) is 26.8 Å². The number of hydrogen-bond donors (Lipinski definition) is 0. The topological polar surface area (TPSA) is 140 Å². The summed E-state index contributed by atoms with van der Waals surface area (Å²) in [5.41, 5.74) is 3.42. The highest BCUT2D eigenvalue weighted by atomic mass is 19.1. The first-order valence-corrected chi connectivity index (χ1v) is 14.1. The summed E-state index contributed by atoms with van der Waals surface area (Å²) in [5, 5.41) is 4.07. The van der Waals surface area contributed by atoms with E-state index in [2.05, 4.69) is 29.3 Å². The van der Waals surface area contributed by atoms with E-state index in [4.69, 9.17) is 14.0 Å². The number of ether oxygens (including phenoxy) is 5. The van der Waals surface area contributed by atoms with Crippen LogP contribution >= 0.6 is 0 Å². The predicted molar refractivity (Wildman–Crippen MR) is 156 cm³/mol. The molecule has 1 aliphatic heterocycles. The van der Waals surface area contributed by atoms with Crippen molar-refractivity contribution in [3.8, 4) is 34.0 Å². The minimum Gasteiger partial charge on any atom is -0.438 e. The van der Waals surface area contributed by atoms with Gasteiger partial charge in [0.1, 0.15) is 5.82 Å². The van der Waals surface area contributed by atoms with Crippen molar-refractivity contribution in [3.05, 3.63) is 84.2 Å². The van der Waals surface area contributed by atoms with Crippen LogP contribution in [-0.4, -0.2) is 66.1 Å². The van der Waals surface area contributed by atoms with Crippen molar-refractivity contribution < 1.29 is 47.0 Å². The molecule has 1 fully saturated rings. The summed E-state index contributed by atoms with van der Waals surface area (Å²) in [6.45, 7) is 2.88. The number of rotatable bonds is 8. The van der Waals surface area contributed by atoms with E-state index in [1.165, 1.54) is 6.07 Å². The third-order valence-electron chi connectivity index (χ3n) is 7.10. The SMILES string of the molecule is CCOC(=O)OC(=O)OC1(OC(=O)OC)CCN(Cc2ccc(-c3noc(-c4ccc(-c5ccccc5)c(F)c4)n3)cc2)CC1. The Morgan fingerprint density at radius 1 is 0.889 bits per heavy atom. The van der Waals surface area contributed by atoms with Crippen LogP contribution in [0.2, 0.25) is 0 Å². The fraction of sp³-hybridized carbons (Fsp3) is 0.281. The first-order valence-electron chi connectivity index (χ1n) is 14.1. The lowest BCUT2D eigenvalue weighted by Crippen LogP contribution is -2.49. The van der Waals surface area contributed by atoms with Crippen LogP contribution in [0.3, 0.4) is 0 Å². The van der Waals surface area contributed by atoms with Crippen LogP contribution in [0.25, 0.3) is 34.0 Å². The molecule has 0 radical (unpaired) electrons. The fourth-order valence-electron chi connectivity index (χ4n) is 4.83. The highest BCUT2D eigenvalue weighted by molar-refractivity contribution is 5.77. The van der Waals surface area contributed by atoms with Gasteiger partial charge < -0.3 is 28.2 Å². The smallest absolute Gasteiger partial charge is 0.438 e. The van der Waals surface area contributed by atoms with Crippen LogP contribution in [0.1, 0.15) is 25.3 Å². The largest absolute Gasteiger partial charge is 0.521 e. The van der Waals surface area contributed by atoms with E-state index < -0.39 is 30.1 Å². The lowest BCUT2D eigenvalue weighted by Gasteiger charge is -2.39. The van der Waals surface area contributed by atoms with E-state index in [0.29, 0.717) is 42.1 Å². The minimum atomic E-state index is -1.67. The zero-order chi connectivity index (χ0) is 31.8. The number of aromatic nitrogens is 2. The second-order valence-corrected chi connectivity index (χ2v) is 10.1. The van der Waals surface area contributed by atoms with Gasteiger partial charge >= 0.3 is 18.5 Å². The van der Waals surface area contributed by atoms with E-state index >= 15 is 0 Å². The summed E-state index contributed by atoms with van der Waals surface area (Å²) in [5.74, 6) is -1.50. The molecule has 4 aromatic rings. The monoisotopic (exact) mass is 619 g/mol. The fourth-order valence-corrected chi connectivity index (χ4v) is 4.83. The van der Waals surface area contributed by atoms with Crippen LogP contribution in [0.5, 0.6) is 0 Å². The Bertz CT molecular complexity index is 1640. The lowest BCUT2D eigenvalue weighted by atomic mass is 10.0. The highest BCUT2D eigenvalue weighted by Crippen LogP contribution is 2.31. The lowest BCUT2D eigenvalue weighted by molar-refractivity contribution is -0.208. The van der Waals surface area contributed by atoms with E-state index in [1.807, 2.05) is 54.6 Å². The van der Waals surface area contributed by atoms with E-state index in [-0.39, 0.29) is 25.3 Å². The van der Waals surface area contributed by atoms with Gasteiger partial charge in [-0.2, -0.15) is 4.98 Å². The summed E-state index contributed by atoms with van der Waals surface area (Å²) < 4.78 is 44.4. The van der Waals surface area contributed by atoms with Crippen molar-refractivity contribution in [2.24, 2.45) is 0 Å². The Morgan fingerprint density at radius 2 is 1.58 bits per heavy atom. The highest BCUT2D eigenvalue weighted by Gasteiger charge is 2.43. The third-order valence-corrected chi connectivity index (χ3v) is 7.10. The number of carbonyl (C=O) groups is 3. The van der Waals surface area contributed by atoms with Crippen LogP contribution in [0, 0.1) is 5.82 Å². The molecule has 1 aliphatic rings. The molecule has 2 heterocycles. The molecule has 13 heteroatoms. The molecule has 0 spiro atoms. The van der Waals surface area contributed by atoms with E-state index in [9.17, 15) is 18.8 Å². The van der Waals surface area contributed by atoms with Crippen LogP contribution in [0.15, 0.2) is 77.3 Å². The van der Waals surface area contributed by atoms with Gasteiger partial charge in [-0.3, -0.25) is 4.90 Å². The number of piperidine rings is 1. The van der Waals surface area contributed by atoms with Gasteiger partial charge in [0.2, 0.25) is 5.82 Å². The van der Waals surface area contributed by atoms with Gasteiger partial charge in [-0.1, -0.05) is 65.8 Å². The second-order valence-electron chi connectivity index (χ2n) is 10.1. The minimum absolute atomic E-state index is 0.00712. The maximum Gasteiger partial charge on any atom is 0.521 e. The average molecular weight is 620 g/mol. The van der Waals surface area contributed by atoms with Crippen molar-refractivity contribution >= 4 is 18.5 Å². The number of likely N-dealkylation sites (tertiary alicyclic amines) is 1. The molecule has 234 valence electrons. The molecule has 0 bridgehead atoms. The summed E-state index contributed by atoms with van der Waals surface area (Å²) in [6, 6.07) is 21.6. The van der Waals surface area contributed by atoms with Gasteiger partial charge in [-0.05, 0) is 30.2 Å². The Labute approximate surface area is 257 Å². The van der Waals surface area contributed by atoms with Crippen molar-refractivity contribution in [1.82, 2.24) is 15.0 Å². The Balaban J connectivity index is 1.19. The Hall–Kier alpha value is -5.30. The molecule has 3 aromatic carbocycles. The average Bonchev–Trinajstić information content (AvgIpc) is 3.53. The maximum absolute atomic E-state index is 14.9. The zero-order valence-corrected chi connectivity index (χ0v) is 24.6. The van der Waals surface area contributed by atoms with Crippen molar-refractivity contribution in [1.29, 1.82) is 0 Å². The number of methoxy groups -OCH3 is 1. The number of nitrogens with zero attached hydrogens (tertiary/aromatic N) is 3. The summed E-state index contributed by atoms with van der Waals surface area (Å²) in [6.07, 6.45) is -3.39. The molecule has 0 unspecified atom stereocenters. The Kier molecular flexibility index (Phi) is 9.68. The van der Waals surface area contributed by atoms with Crippen molar-refractivity contribution in [3.63, 3.8) is 0 Å². The second kappa shape index (κ2) is 14.0. The van der Waals surface area contributed by atoms with Gasteiger partial charge in [-0.25, -0.2) is 18.8 Å². The molecule has 1 saturated heterocycles. The summed E-state index contributed by atoms with van der Waals surface area (Å²) >= 11 is 0. The van der Waals surface area contributed by atoms with Gasteiger partial charge in [0.25, 0.3) is 11.7 Å². The molecule has 45 heavy (non-hydrogen) atoms. The van der Waals surface area contributed by atoms with Crippen LogP contribution in [-0.2, 0) is 30.2 Å². The van der Waals surface area contributed by atoms with Crippen LogP contribution in [0.4, 0.5) is 18.8 Å². The standard InChI is InChI=1S/C32H30FN3O9/c1-3-41-30(38)42-31(39)44-32(43-29(37)40-2)15-17-36(18-16-32)20-21-9-11-23(12-10-21)27-34-28(45-35-27)24-13-14-25(26(33)19-24)22-7-5-4-6-8-22/h4-14,19H,3,15-18,20H2,1-2H3. The molecule has 0 atom stereocenters. The maximum atomic E-state index is 14.9. The molecule has 1 aromatic heterocycles. The molecule has 0 amide bonds. The first-order chi connectivity index (χ1) is 21.8. The quantitative estimate of drug-likeness (QED) is 0.0909. The number of benzene rings is 3. The number of carbonyl (C=O) groups excluding carboxylic acids is 3. The van der Waals surface area contributed by atoms with Gasteiger partial charge in [0, 0.05) is 49.2 Å². The summed E-state index contributed by atoms with van der Waals surface area (Å²) in [7, 11) is 1.13. The molecule has 12 nitrogen and oxygen atoms in total. The first kappa shape index (κ1) is 31.1.